The largest absolute Gasteiger partial charge is 0.334 e. The quantitative estimate of drug-likeness (QED) is 0.863. The molecule has 1 N–H and O–H groups in total. The van der Waals surface area contributed by atoms with Gasteiger partial charge in [-0.25, -0.2) is 4.79 Å². The Labute approximate surface area is 158 Å². The number of amides is 2. The first kappa shape index (κ1) is 19.2. The van der Waals surface area contributed by atoms with Gasteiger partial charge in [-0.05, 0) is 62.2 Å². The molecule has 2 aliphatic rings. The zero-order valence-corrected chi connectivity index (χ0v) is 16.4. The van der Waals surface area contributed by atoms with Crippen LogP contribution in [0.15, 0.2) is 24.3 Å². The molecule has 3 rings (SSSR count). The molecule has 4 heteroatoms. The number of carbonyl (C=O) groups excluding carboxylic acids is 1. The summed E-state index contributed by atoms with van der Waals surface area (Å²) in [6.07, 6.45) is 8.87. The van der Waals surface area contributed by atoms with E-state index < -0.39 is 0 Å². The highest BCUT2D eigenvalue weighted by atomic mass is 16.2. The highest BCUT2D eigenvalue weighted by molar-refractivity contribution is 5.74. The average molecular weight is 358 g/mol. The van der Waals surface area contributed by atoms with Gasteiger partial charge in [-0.15, -0.1) is 0 Å². The Morgan fingerprint density at radius 2 is 1.58 bits per heavy atom. The molecule has 0 spiro atoms. The number of nitrogens with zero attached hydrogens (tertiary/aromatic N) is 2. The second-order valence-electron chi connectivity index (χ2n) is 7.97. The summed E-state index contributed by atoms with van der Waals surface area (Å²) in [6.45, 7) is 8.37. The molecule has 26 heavy (non-hydrogen) atoms. The lowest BCUT2D eigenvalue weighted by molar-refractivity contribution is 0.147. The lowest BCUT2D eigenvalue weighted by Gasteiger charge is -2.34. The van der Waals surface area contributed by atoms with Crippen molar-refractivity contribution in [2.24, 2.45) is 5.92 Å². The molecule has 0 unspecified atom stereocenters. The molecule has 0 saturated carbocycles. The van der Waals surface area contributed by atoms with Crippen LogP contribution in [0.25, 0.3) is 0 Å². The zero-order chi connectivity index (χ0) is 18.2. The molecular weight excluding hydrogens is 322 g/mol. The summed E-state index contributed by atoms with van der Waals surface area (Å²) in [4.78, 5) is 17.1. The third-order valence-corrected chi connectivity index (χ3v) is 5.99. The number of hydrogen-bond donors (Lipinski definition) is 1. The zero-order valence-electron chi connectivity index (χ0n) is 16.4. The average Bonchev–Trinajstić information content (AvgIpc) is 2.96. The highest BCUT2D eigenvalue weighted by Crippen LogP contribution is 2.20. The standard InChI is InChI=1S/C22H35N3O/c1-2-19-7-9-20(10-8-19)17-23-22(26)25-15-11-21(12-16-25)18-24-13-5-3-4-6-14-24/h7-10,21H,2-6,11-18H2,1H3,(H,23,26). The van der Waals surface area contributed by atoms with Crippen LogP contribution in [-0.2, 0) is 13.0 Å². The predicted octanol–water partition coefficient (Wildman–Crippen LogP) is 4.05. The van der Waals surface area contributed by atoms with Crippen LogP contribution < -0.4 is 5.32 Å². The Morgan fingerprint density at radius 1 is 0.962 bits per heavy atom. The van der Waals surface area contributed by atoms with Gasteiger partial charge in [0.25, 0.3) is 0 Å². The summed E-state index contributed by atoms with van der Waals surface area (Å²) in [6, 6.07) is 8.63. The van der Waals surface area contributed by atoms with E-state index in [9.17, 15) is 4.79 Å². The van der Waals surface area contributed by atoms with Gasteiger partial charge in [-0.3, -0.25) is 0 Å². The molecule has 0 bridgehead atoms. The molecule has 0 aromatic heterocycles. The van der Waals surface area contributed by atoms with Crippen LogP contribution in [0, 0.1) is 5.92 Å². The maximum absolute atomic E-state index is 12.4. The van der Waals surface area contributed by atoms with Crippen molar-refractivity contribution in [3.63, 3.8) is 0 Å². The lowest BCUT2D eigenvalue weighted by Crippen LogP contribution is -2.45. The van der Waals surface area contributed by atoms with Gasteiger partial charge in [0.15, 0.2) is 0 Å². The van der Waals surface area contributed by atoms with Crippen molar-refractivity contribution < 1.29 is 4.79 Å². The summed E-state index contributed by atoms with van der Waals surface area (Å²) in [5.74, 6) is 0.763. The molecule has 2 amide bonds. The second-order valence-corrected chi connectivity index (χ2v) is 7.97. The number of benzene rings is 1. The number of likely N-dealkylation sites (tertiary alicyclic amines) is 2. The van der Waals surface area contributed by atoms with Crippen molar-refractivity contribution in [1.82, 2.24) is 15.1 Å². The first-order chi connectivity index (χ1) is 12.7. The molecule has 2 saturated heterocycles. The minimum absolute atomic E-state index is 0.0952. The van der Waals surface area contributed by atoms with Crippen LogP contribution in [0.4, 0.5) is 4.79 Å². The number of carbonyl (C=O) groups is 1. The van der Waals surface area contributed by atoms with Crippen LogP contribution in [0.5, 0.6) is 0 Å². The summed E-state index contributed by atoms with van der Waals surface area (Å²) < 4.78 is 0. The molecule has 2 aliphatic heterocycles. The molecule has 1 aromatic carbocycles. The summed E-state index contributed by atoms with van der Waals surface area (Å²) in [5, 5.41) is 3.09. The van der Waals surface area contributed by atoms with Crippen molar-refractivity contribution >= 4 is 6.03 Å². The number of rotatable bonds is 5. The van der Waals surface area contributed by atoms with E-state index in [1.807, 2.05) is 4.90 Å². The van der Waals surface area contributed by atoms with Crippen LogP contribution in [0.1, 0.15) is 56.6 Å². The maximum Gasteiger partial charge on any atom is 0.317 e. The van der Waals surface area contributed by atoms with Gasteiger partial charge in [-0.1, -0.05) is 44.0 Å². The van der Waals surface area contributed by atoms with Gasteiger partial charge in [-0.2, -0.15) is 0 Å². The lowest BCUT2D eigenvalue weighted by atomic mass is 9.96. The molecule has 2 heterocycles. The van der Waals surface area contributed by atoms with E-state index in [0.29, 0.717) is 6.54 Å². The second kappa shape index (κ2) is 9.96. The number of aryl methyl sites for hydroxylation is 1. The first-order valence-corrected chi connectivity index (χ1v) is 10.6. The number of nitrogens with one attached hydrogen (secondary N) is 1. The van der Waals surface area contributed by atoms with Gasteiger partial charge < -0.3 is 15.1 Å². The summed E-state index contributed by atoms with van der Waals surface area (Å²) >= 11 is 0. The summed E-state index contributed by atoms with van der Waals surface area (Å²) in [7, 11) is 0. The highest BCUT2D eigenvalue weighted by Gasteiger charge is 2.24. The monoisotopic (exact) mass is 357 g/mol. The van der Waals surface area contributed by atoms with E-state index in [1.54, 1.807) is 0 Å². The van der Waals surface area contributed by atoms with Crippen molar-refractivity contribution in [2.75, 3.05) is 32.7 Å². The third kappa shape index (κ3) is 5.73. The fourth-order valence-corrected chi connectivity index (χ4v) is 4.18. The van der Waals surface area contributed by atoms with Crippen LogP contribution in [0.3, 0.4) is 0 Å². The van der Waals surface area contributed by atoms with Gasteiger partial charge in [0, 0.05) is 26.2 Å². The van der Waals surface area contributed by atoms with Crippen LogP contribution >= 0.6 is 0 Å². The Kier molecular flexibility index (Phi) is 7.36. The Morgan fingerprint density at radius 3 is 2.19 bits per heavy atom. The van der Waals surface area contributed by atoms with Crippen molar-refractivity contribution in [3.8, 4) is 0 Å². The van der Waals surface area contributed by atoms with Crippen LogP contribution in [-0.4, -0.2) is 48.6 Å². The molecule has 0 atom stereocenters. The smallest absolute Gasteiger partial charge is 0.317 e. The van der Waals surface area contributed by atoms with Gasteiger partial charge in [0.1, 0.15) is 0 Å². The molecule has 1 aromatic rings. The molecule has 144 valence electrons. The first-order valence-electron chi connectivity index (χ1n) is 10.6. The van der Waals surface area contributed by atoms with E-state index in [-0.39, 0.29) is 6.03 Å². The Balaban J connectivity index is 1.37. The fraction of sp³-hybridized carbons (Fsp3) is 0.682. The Hall–Kier alpha value is -1.55. The Bertz CT molecular complexity index is 541. The number of piperidine rings is 1. The maximum atomic E-state index is 12.4. The van der Waals surface area contributed by atoms with Gasteiger partial charge >= 0.3 is 6.03 Å². The van der Waals surface area contributed by atoms with E-state index in [0.717, 1.165) is 38.3 Å². The van der Waals surface area contributed by atoms with Gasteiger partial charge in [0.2, 0.25) is 0 Å². The minimum Gasteiger partial charge on any atom is -0.334 e. The van der Waals surface area contributed by atoms with E-state index in [2.05, 4.69) is 41.4 Å². The van der Waals surface area contributed by atoms with E-state index in [1.165, 1.54) is 56.4 Å². The fourth-order valence-electron chi connectivity index (χ4n) is 4.18. The van der Waals surface area contributed by atoms with E-state index in [4.69, 9.17) is 0 Å². The molecule has 4 nitrogen and oxygen atoms in total. The topological polar surface area (TPSA) is 35.6 Å². The van der Waals surface area contributed by atoms with Crippen molar-refractivity contribution in [2.45, 2.75) is 58.4 Å². The van der Waals surface area contributed by atoms with E-state index >= 15 is 0 Å². The van der Waals surface area contributed by atoms with Gasteiger partial charge in [0.05, 0.1) is 0 Å². The normalized spacial score (nSPS) is 20.0. The minimum atomic E-state index is 0.0952. The molecule has 2 fully saturated rings. The molecule has 0 radical (unpaired) electrons. The van der Waals surface area contributed by atoms with Crippen molar-refractivity contribution in [1.29, 1.82) is 0 Å². The number of hydrogen-bond acceptors (Lipinski definition) is 2. The molecular formula is C22H35N3O. The number of urea groups is 1. The predicted molar refractivity (Wildman–Crippen MR) is 107 cm³/mol. The SMILES string of the molecule is CCc1ccc(CNC(=O)N2CCC(CN3CCCCCC3)CC2)cc1. The van der Waals surface area contributed by atoms with Crippen molar-refractivity contribution in [3.05, 3.63) is 35.4 Å². The molecule has 0 aliphatic carbocycles. The van der Waals surface area contributed by atoms with Crippen LogP contribution in [0.2, 0.25) is 0 Å². The summed E-state index contributed by atoms with van der Waals surface area (Å²) in [5.41, 5.74) is 2.51. The third-order valence-electron chi connectivity index (χ3n) is 5.99.